The van der Waals surface area contributed by atoms with Crippen molar-refractivity contribution >= 4 is 29.4 Å². The molecule has 0 saturated heterocycles. The van der Waals surface area contributed by atoms with Gasteiger partial charge in [0, 0.05) is 0 Å². The van der Waals surface area contributed by atoms with Gasteiger partial charge in [-0.25, -0.2) is 4.79 Å². The number of esters is 1. The number of hydrogen-bond donors (Lipinski definition) is 1. The first-order valence-electron chi connectivity index (χ1n) is 9.60. The zero-order valence-corrected chi connectivity index (χ0v) is 17.0. The van der Waals surface area contributed by atoms with Crippen molar-refractivity contribution in [3.8, 4) is 5.75 Å². The summed E-state index contributed by atoms with van der Waals surface area (Å²) in [5, 5.41) is 2.59. The predicted octanol–water partition coefficient (Wildman–Crippen LogP) is 2.88. The van der Waals surface area contributed by atoms with Crippen LogP contribution < -0.4 is 10.1 Å². The molecule has 0 atom stereocenters. The molecule has 9 nitrogen and oxygen atoms in total. The fourth-order valence-electron chi connectivity index (χ4n) is 3.27. The Hall–Kier alpha value is -4.40. The summed E-state index contributed by atoms with van der Waals surface area (Å²) in [4.78, 5) is 50.8. The quantitative estimate of drug-likeness (QED) is 0.449. The standard InChI is InChI=1S/C23H18N2O7/c1-30-19-7-3-2-6-18(19)24-20(26)13-32-23(29)14-8-9-16-17(11-14)22(28)25(21(16)27)12-15-5-4-10-31-15/h2-11H,12-13H2,1H3,(H,24,26). The van der Waals surface area contributed by atoms with Crippen LogP contribution in [0.3, 0.4) is 0 Å². The average Bonchev–Trinajstić information content (AvgIpc) is 3.40. The lowest BCUT2D eigenvalue weighted by molar-refractivity contribution is -0.119. The molecular formula is C23H18N2O7. The minimum absolute atomic E-state index is 0.0117. The molecule has 3 aromatic rings. The Balaban J connectivity index is 1.41. The molecule has 32 heavy (non-hydrogen) atoms. The summed E-state index contributed by atoms with van der Waals surface area (Å²) in [5.74, 6) is -1.44. The van der Waals surface area contributed by atoms with Gasteiger partial charge in [0.1, 0.15) is 11.5 Å². The number of carbonyl (C=O) groups is 4. The van der Waals surface area contributed by atoms with E-state index in [-0.39, 0.29) is 23.2 Å². The van der Waals surface area contributed by atoms with Gasteiger partial charge in [-0.2, -0.15) is 0 Å². The maximum Gasteiger partial charge on any atom is 0.338 e. The molecule has 1 aromatic heterocycles. The van der Waals surface area contributed by atoms with E-state index < -0.39 is 30.3 Å². The Morgan fingerprint density at radius 1 is 1.00 bits per heavy atom. The highest BCUT2D eigenvalue weighted by Crippen LogP contribution is 2.26. The Labute approximate surface area is 182 Å². The summed E-state index contributed by atoms with van der Waals surface area (Å²) >= 11 is 0. The number of hydrogen-bond acceptors (Lipinski definition) is 7. The number of furan rings is 1. The van der Waals surface area contributed by atoms with Gasteiger partial charge in [-0.15, -0.1) is 0 Å². The number of nitrogens with one attached hydrogen (secondary N) is 1. The monoisotopic (exact) mass is 434 g/mol. The number of methoxy groups -OCH3 is 1. The summed E-state index contributed by atoms with van der Waals surface area (Å²) < 4.78 is 15.4. The minimum Gasteiger partial charge on any atom is -0.495 e. The van der Waals surface area contributed by atoms with Gasteiger partial charge in [0.05, 0.1) is 42.3 Å². The summed E-state index contributed by atoms with van der Waals surface area (Å²) in [7, 11) is 1.47. The Morgan fingerprint density at radius 2 is 1.78 bits per heavy atom. The van der Waals surface area contributed by atoms with E-state index in [2.05, 4.69) is 5.32 Å². The zero-order valence-electron chi connectivity index (χ0n) is 17.0. The van der Waals surface area contributed by atoms with E-state index in [1.807, 2.05) is 0 Å². The fraction of sp³-hybridized carbons (Fsp3) is 0.130. The van der Waals surface area contributed by atoms with Gasteiger partial charge in [-0.3, -0.25) is 19.3 Å². The highest BCUT2D eigenvalue weighted by atomic mass is 16.5. The Morgan fingerprint density at radius 3 is 2.53 bits per heavy atom. The molecular weight excluding hydrogens is 416 g/mol. The van der Waals surface area contributed by atoms with Crippen LogP contribution in [0.5, 0.6) is 5.75 Å². The molecule has 3 amide bonds. The smallest absolute Gasteiger partial charge is 0.338 e. The maximum absolute atomic E-state index is 12.7. The van der Waals surface area contributed by atoms with Gasteiger partial charge in [-0.05, 0) is 42.5 Å². The third kappa shape index (κ3) is 4.08. The molecule has 9 heteroatoms. The molecule has 0 aliphatic carbocycles. The van der Waals surface area contributed by atoms with Gasteiger partial charge < -0.3 is 19.2 Å². The van der Waals surface area contributed by atoms with Crippen LogP contribution in [0.25, 0.3) is 0 Å². The number of rotatable bonds is 7. The van der Waals surface area contributed by atoms with Crippen LogP contribution in [0, 0.1) is 0 Å². The molecule has 0 bridgehead atoms. The lowest BCUT2D eigenvalue weighted by Crippen LogP contribution is -2.28. The largest absolute Gasteiger partial charge is 0.495 e. The normalized spacial score (nSPS) is 12.5. The lowest BCUT2D eigenvalue weighted by Gasteiger charge is -2.11. The number of carbonyl (C=O) groups excluding carboxylic acids is 4. The van der Waals surface area contributed by atoms with E-state index in [4.69, 9.17) is 13.9 Å². The van der Waals surface area contributed by atoms with Crippen molar-refractivity contribution in [1.29, 1.82) is 0 Å². The SMILES string of the molecule is COc1ccccc1NC(=O)COC(=O)c1ccc2c(c1)C(=O)N(Cc1ccco1)C2=O. The van der Waals surface area contributed by atoms with Gasteiger partial charge in [0.15, 0.2) is 6.61 Å². The van der Waals surface area contributed by atoms with Crippen LogP contribution in [-0.2, 0) is 16.1 Å². The molecule has 0 saturated carbocycles. The molecule has 1 N–H and O–H groups in total. The van der Waals surface area contributed by atoms with Crippen LogP contribution in [0.2, 0.25) is 0 Å². The molecule has 1 aliphatic heterocycles. The van der Waals surface area contributed by atoms with Gasteiger partial charge >= 0.3 is 5.97 Å². The molecule has 0 unspecified atom stereocenters. The predicted molar refractivity (Wildman–Crippen MR) is 111 cm³/mol. The minimum atomic E-state index is -0.798. The Kier molecular flexibility index (Phi) is 5.71. The molecule has 0 radical (unpaired) electrons. The number of anilines is 1. The topological polar surface area (TPSA) is 115 Å². The van der Waals surface area contributed by atoms with Crippen molar-refractivity contribution in [1.82, 2.24) is 4.90 Å². The van der Waals surface area contributed by atoms with E-state index in [1.54, 1.807) is 36.4 Å². The second kappa shape index (κ2) is 8.76. The number of benzene rings is 2. The van der Waals surface area contributed by atoms with Crippen LogP contribution >= 0.6 is 0 Å². The third-order valence-corrected chi connectivity index (χ3v) is 4.82. The van der Waals surface area contributed by atoms with Gasteiger partial charge in [-0.1, -0.05) is 12.1 Å². The summed E-state index contributed by atoms with van der Waals surface area (Å²) in [6.45, 7) is -0.548. The summed E-state index contributed by atoms with van der Waals surface area (Å²) in [6, 6.07) is 14.2. The van der Waals surface area contributed by atoms with Crippen molar-refractivity contribution in [2.75, 3.05) is 19.0 Å². The molecule has 4 rings (SSSR count). The molecule has 2 heterocycles. The highest BCUT2D eigenvalue weighted by Gasteiger charge is 2.36. The van der Waals surface area contributed by atoms with Crippen LogP contribution in [0.4, 0.5) is 5.69 Å². The lowest BCUT2D eigenvalue weighted by atomic mass is 10.1. The maximum atomic E-state index is 12.7. The zero-order chi connectivity index (χ0) is 22.7. The average molecular weight is 434 g/mol. The molecule has 2 aromatic carbocycles. The highest BCUT2D eigenvalue weighted by molar-refractivity contribution is 6.21. The molecule has 1 aliphatic rings. The number of para-hydroxylation sites is 2. The first-order valence-corrected chi connectivity index (χ1v) is 9.60. The van der Waals surface area contributed by atoms with Crippen LogP contribution in [0.15, 0.2) is 65.3 Å². The second-order valence-corrected chi connectivity index (χ2v) is 6.86. The number of ether oxygens (including phenoxy) is 2. The van der Waals surface area contributed by atoms with Gasteiger partial charge in [0.2, 0.25) is 0 Å². The summed E-state index contributed by atoms with van der Waals surface area (Å²) in [6.07, 6.45) is 1.45. The van der Waals surface area contributed by atoms with E-state index in [0.29, 0.717) is 17.2 Å². The number of nitrogens with zero attached hydrogens (tertiary/aromatic N) is 1. The van der Waals surface area contributed by atoms with Crippen LogP contribution in [0.1, 0.15) is 36.8 Å². The van der Waals surface area contributed by atoms with E-state index in [1.165, 1.54) is 31.6 Å². The fourth-order valence-corrected chi connectivity index (χ4v) is 3.27. The van der Waals surface area contributed by atoms with Gasteiger partial charge in [0.25, 0.3) is 17.7 Å². The van der Waals surface area contributed by atoms with Crippen molar-refractivity contribution in [2.45, 2.75) is 6.54 Å². The molecule has 0 spiro atoms. The Bertz CT molecular complexity index is 1200. The van der Waals surface area contributed by atoms with E-state index in [9.17, 15) is 19.2 Å². The number of amides is 3. The van der Waals surface area contributed by atoms with Crippen LogP contribution in [-0.4, -0.2) is 42.3 Å². The second-order valence-electron chi connectivity index (χ2n) is 6.86. The van der Waals surface area contributed by atoms with Crippen molar-refractivity contribution < 1.29 is 33.1 Å². The summed E-state index contributed by atoms with van der Waals surface area (Å²) in [5.41, 5.74) is 0.769. The molecule has 0 fully saturated rings. The van der Waals surface area contributed by atoms with Crippen molar-refractivity contribution in [2.24, 2.45) is 0 Å². The van der Waals surface area contributed by atoms with E-state index in [0.717, 1.165) is 4.90 Å². The van der Waals surface area contributed by atoms with Crippen molar-refractivity contribution in [3.05, 3.63) is 83.3 Å². The first kappa shape index (κ1) is 20.9. The number of fused-ring (bicyclic) bond motifs is 1. The number of imide groups is 1. The first-order chi connectivity index (χ1) is 15.5. The van der Waals surface area contributed by atoms with E-state index >= 15 is 0 Å². The van der Waals surface area contributed by atoms with Crippen molar-refractivity contribution in [3.63, 3.8) is 0 Å². The molecule has 162 valence electrons. The third-order valence-electron chi connectivity index (χ3n) is 4.82.